The van der Waals surface area contributed by atoms with Gasteiger partial charge in [0.2, 0.25) is 5.91 Å². The minimum Gasteiger partial charge on any atom is -0.340 e. The van der Waals surface area contributed by atoms with E-state index in [0.717, 1.165) is 52.7 Å². The lowest BCUT2D eigenvalue weighted by atomic mass is 10.1. The molecule has 4 aromatic rings. The zero-order chi connectivity index (χ0) is 19.3. The molecule has 1 fully saturated rings. The number of fused-ring (bicyclic) bond motifs is 1. The minimum atomic E-state index is 0.0443. The number of benzene rings is 1. The molecule has 1 aromatic carbocycles. The molecular weight excluding hydrogens is 394 g/mol. The van der Waals surface area contributed by atoms with Crippen LogP contribution in [0.1, 0.15) is 31.6 Å². The molecule has 8 heteroatoms. The summed E-state index contributed by atoms with van der Waals surface area (Å²) in [7, 11) is 0. The van der Waals surface area contributed by atoms with Crippen molar-refractivity contribution in [3.05, 3.63) is 53.0 Å². The fraction of sp³-hybridized carbons (Fsp3) is 0.250. The monoisotopic (exact) mass is 411 g/mol. The summed E-state index contributed by atoms with van der Waals surface area (Å²) < 4.78 is 1.89. The molecule has 6 nitrogen and oxygen atoms in total. The Morgan fingerprint density at radius 2 is 2.07 bits per heavy atom. The van der Waals surface area contributed by atoms with E-state index in [2.05, 4.69) is 15.0 Å². The van der Waals surface area contributed by atoms with E-state index < -0.39 is 0 Å². The third-order valence-corrected chi connectivity index (χ3v) is 6.36. The molecule has 0 bridgehead atoms. The Labute approximate surface area is 170 Å². The molecule has 1 unspecified atom stereocenters. The van der Waals surface area contributed by atoms with Crippen molar-refractivity contribution >= 4 is 33.8 Å². The van der Waals surface area contributed by atoms with Crippen molar-refractivity contribution in [3.63, 3.8) is 0 Å². The number of aromatic nitrogens is 4. The molecule has 0 spiro atoms. The lowest BCUT2D eigenvalue weighted by molar-refractivity contribution is -0.129. The van der Waals surface area contributed by atoms with Crippen molar-refractivity contribution in [1.82, 2.24) is 24.3 Å². The average molecular weight is 412 g/mol. The zero-order valence-corrected chi connectivity index (χ0v) is 16.8. The number of imidazole rings is 2. The number of rotatable bonds is 3. The van der Waals surface area contributed by atoms with E-state index in [9.17, 15) is 4.79 Å². The van der Waals surface area contributed by atoms with E-state index in [4.69, 9.17) is 11.6 Å². The fourth-order valence-electron chi connectivity index (χ4n) is 3.83. The second kappa shape index (κ2) is 6.76. The van der Waals surface area contributed by atoms with Gasteiger partial charge in [-0.15, -0.1) is 11.3 Å². The maximum Gasteiger partial charge on any atom is 0.220 e. The Bertz CT molecular complexity index is 1160. The van der Waals surface area contributed by atoms with Gasteiger partial charge in [-0.2, -0.15) is 0 Å². The SMILES string of the molecule is CC(=O)N1CCCC1c1ncc(-c2ccc(-c3nc4sccn4c3Cl)cc2)[nH]1. The topological polar surface area (TPSA) is 66.3 Å². The summed E-state index contributed by atoms with van der Waals surface area (Å²) in [5.74, 6) is 0.950. The third-order valence-electron chi connectivity index (χ3n) is 5.24. The summed E-state index contributed by atoms with van der Waals surface area (Å²) in [4.78, 5) is 27.1. The molecule has 1 aliphatic rings. The molecule has 142 valence electrons. The normalized spacial score (nSPS) is 16.9. The van der Waals surface area contributed by atoms with Crippen LogP contribution in [0, 0.1) is 0 Å². The number of amides is 1. The summed E-state index contributed by atoms with van der Waals surface area (Å²) >= 11 is 8.02. The first-order valence-electron chi connectivity index (χ1n) is 9.16. The minimum absolute atomic E-state index is 0.0443. The summed E-state index contributed by atoms with van der Waals surface area (Å²) in [6, 6.07) is 8.15. The van der Waals surface area contributed by atoms with E-state index in [0.29, 0.717) is 5.15 Å². The van der Waals surface area contributed by atoms with Gasteiger partial charge in [0.05, 0.1) is 17.9 Å². The molecule has 4 heterocycles. The molecule has 0 saturated carbocycles. The number of nitrogens with one attached hydrogen (secondary N) is 1. The first-order chi connectivity index (χ1) is 13.6. The smallest absolute Gasteiger partial charge is 0.220 e. The third kappa shape index (κ3) is 2.82. The van der Waals surface area contributed by atoms with Crippen LogP contribution in [0.25, 0.3) is 27.5 Å². The molecule has 0 aliphatic carbocycles. The zero-order valence-electron chi connectivity index (χ0n) is 15.2. The van der Waals surface area contributed by atoms with Gasteiger partial charge >= 0.3 is 0 Å². The van der Waals surface area contributed by atoms with Crippen LogP contribution >= 0.6 is 22.9 Å². The highest BCUT2D eigenvalue weighted by atomic mass is 35.5. The van der Waals surface area contributed by atoms with Crippen molar-refractivity contribution in [2.75, 3.05) is 6.54 Å². The summed E-state index contributed by atoms with van der Waals surface area (Å²) in [6.07, 6.45) is 5.71. The number of hydrogen-bond donors (Lipinski definition) is 1. The largest absolute Gasteiger partial charge is 0.340 e. The first kappa shape index (κ1) is 17.5. The van der Waals surface area contributed by atoms with Crippen molar-refractivity contribution in [3.8, 4) is 22.5 Å². The maximum absolute atomic E-state index is 11.8. The number of thiazole rings is 1. The van der Waals surface area contributed by atoms with Crippen LogP contribution in [0.15, 0.2) is 42.0 Å². The quantitative estimate of drug-likeness (QED) is 0.527. The molecule has 1 saturated heterocycles. The van der Waals surface area contributed by atoms with Gasteiger partial charge in [0, 0.05) is 30.6 Å². The summed E-state index contributed by atoms with van der Waals surface area (Å²) in [5, 5.41) is 2.59. The van der Waals surface area contributed by atoms with Crippen molar-refractivity contribution < 1.29 is 4.79 Å². The molecule has 0 radical (unpaired) electrons. The van der Waals surface area contributed by atoms with E-state index in [1.54, 1.807) is 18.3 Å². The van der Waals surface area contributed by atoms with Crippen molar-refractivity contribution in [2.24, 2.45) is 0 Å². The molecule has 1 amide bonds. The van der Waals surface area contributed by atoms with E-state index in [-0.39, 0.29) is 11.9 Å². The van der Waals surface area contributed by atoms with Gasteiger partial charge in [-0.25, -0.2) is 9.97 Å². The molecular formula is C20H18ClN5OS. The van der Waals surface area contributed by atoms with Crippen molar-refractivity contribution in [2.45, 2.75) is 25.8 Å². The molecule has 28 heavy (non-hydrogen) atoms. The number of carbonyl (C=O) groups excluding carboxylic acids is 1. The number of aromatic amines is 1. The summed E-state index contributed by atoms with van der Waals surface area (Å²) in [5.41, 5.74) is 3.73. The number of halogens is 1. The fourth-order valence-corrected chi connectivity index (χ4v) is 4.88. The lowest BCUT2D eigenvalue weighted by Gasteiger charge is -2.21. The average Bonchev–Trinajstić information content (AvgIpc) is 3.47. The first-order valence-corrected chi connectivity index (χ1v) is 10.4. The summed E-state index contributed by atoms with van der Waals surface area (Å²) in [6.45, 7) is 2.42. The van der Waals surface area contributed by atoms with Crippen LogP contribution < -0.4 is 0 Å². The standard InChI is InChI=1S/C20H18ClN5OS/c1-12(27)25-8-2-3-16(25)19-22-11-15(23-19)13-4-6-14(7-5-13)17-18(21)26-9-10-28-20(26)24-17/h4-7,9-11,16H,2-3,8H2,1H3,(H,22,23). The van der Waals surface area contributed by atoms with Gasteiger partial charge in [-0.3, -0.25) is 9.20 Å². The highest BCUT2D eigenvalue weighted by Crippen LogP contribution is 2.33. The van der Waals surface area contributed by atoms with Gasteiger partial charge in [-0.05, 0) is 18.4 Å². The molecule has 1 atom stereocenters. The predicted octanol–water partition coefficient (Wildman–Crippen LogP) is 4.79. The Kier molecular flexibility index (Phi) is 4.21. The second-order valence-corrected chi connectivity index (χ2v) is 8.17. The number of H-pyrrole nitrogens is 1. The van der Waals surface area contributed by atoms with Crippen LogP contribution in [-0.2, 0) is 4.79 Å². The molecule has 5 rings (SSSR count). The van der Waals surface area contributed by atoms with Crippen LogP contribution in [0.5, 0.6) is 0 Å². The molecule has 1 N–H and O–H groups in total. The Morgan fingerprint density at radius 1 is 1.29 bits per heavy atom. The maximum atomic E-state index is 11.8. The number of hydrogen-bond acceptors (Lipinski definition) is 4. The Hall–Kier alpha value is -2.64. The second-order valence-electron chi connectivity index (χ2n) is 6.94. The highest BCUT2D eigenvalue weighted by Gasteiger charge is 2.30. The van der Waals surface area contributed by atoms with Gasteiger partial charge in [0.25, 0.3) is 0 Å². The van der Waals surface area contributed by atoms with Gasteiger partial charge < -0.3 is 9.88 Å². The number of carbonyl (C=O) groups is 1. The van der Waals surface area contributed by atoms with Gasteiger partial charge in [0.15, 0.2) is 4.96 Å². The lowest BCUT2D eigenvalue weighted by Crippen LogP contribution is -2.28. The van der Waals surface area contributed by atoms with Crippen LogP contribution in [-0.4, -0.2) is 36.7 Å². The molecule has 3 aromatic heterocycles. The van der Waals surface area contributed by atoms with E-state index in [1.165, 1.54) is 0 Å². The van der Waals surface area contributed by atoms with Gasteiger partial charge in [0.1, 0.15) is 16.7 Å². The number of likely N-dealkylation sites (tertiary alicyclic amines) is 1. The Morgan fingerprint density at radius 3 is 2.82 bits per heavy atom. The van der Waals surface area contributed by atoms with Crippen LogP contribution in [0.4, 0.5) is 0 Å². The Balaban J connectivity index is 1.42. The van der Waals surface area contributed by atoms with Crippen LogP contribution in [0.3, 0.4) is 0 Å². The van der Waals surface area contributed by atoms with Crippen LogP contribution in [0.2, 0.25) is 5.15 Å². The van der Waals surface area contributed by atoms with Crippen molar-refractivity contribution in [1.29, 1.82) is 0 Å². The molecule has 1 aliphatic heterocycles. The van der Waals surface area contributed by atoms with E-state index >= 15 is 0 Å². The van der Waals surface area contributed by atoms with Gasteiger partial charge in [-0.1, -0.05) is 35.9 Å². The highest BCUT2D eigenvalue weighted by molar-refractivity contribution is 7.15. The predicted molar refractivity (Wildman–Crippen MR) is 110 cm³/mol. The number of nitrogens with zero attached hydrogens (tertiary/aromatic N) is 4. The van der Waals surface area contributed by atoms with E-state index in [1.807, 2.05) is 51.3 Å².